The lowest BCUT2D eigenvalue weighted by Crippen LogP contribution is -2.40. The largest absolute Gasteiger partial charge is 0.339 e. The molecule has 5 heteroatoms. The summed E-state index contributed by atoms with van der Waals surface area (Å²) >= 11 is 0. The normalized spacial score (nSPS) is 26.0. The van der Waals surface area contributed by atoms with E-state index in [1.54, 1.807) is 0 Å². The molecule has 0 radical (unpaired) electrons. The summed E-state index contributed by atoms with van der Waals surface area (Å²) in [5.41, 5.74) is 0. The fourth-order valence-corrected chi connectivity index (χ4v) is 2.38. The van der Waals surface area contributed by atoms with Crippen LogP contribution in [0, 0.1) is 0 Å². The van der Waals surface area contributed by atoms with E-state index in [4.69, 9.17) is 4.52 Å². The van der Waals surface area contributed by atoms with Crippen molar-refractivity contribution in [3.05, 3.63) is 11.7 Å². The molecule has 1 saturated carbocycles. The van der Waals surface area contributed by atoms with Crippen molar-refractivity contribution >= 4 is 6.29 Å². The number of carbonyl (C=O) groups excluding carboxylic acids is 1. The third kappa shape index (κ3) is 2.39. The number of rotatable bonds is 4. The van der Waals surface area contributed by atoms with Crippen LogP contribution in [0.1, 0.15) is 49.7 Å². The van der Waals surface area contributed by atoms with E-state index in [9.17, 15) is 4.79 Å². The highest BCUT2D eigenvalue weighted by molar-refractivity contribution is 5.57. The zero-order valence-electron chi connectivity index (χ0n) is 9.84. The van der Waals surface area contributed by atoms with Crippen LogP contribution in [-0.4, -0.2) is 33.9 Å². The van der Waals surface area contributed by atoms with Crippen LogP contribution in [0.15, 0.2) is 4.52 Å². The fraction of sp³-hybridized carbons (Fsp3) is 0.750. The van der Waals surface area contributed by atoms with Crippen molar-refractivity contribution < 1.29 is 9.32 Å². The standard InChI is InChI=1S/C12H17N3O2/c16-8-10-3-1-2-6-15(10)7-11-13-12(17-14-11)9-4-5-9/h8-10H,1-7H2. The Hall–Kier alpha value is -1.23. The summed E-state index contributed by atoms with van der Waals surface area (Å²) in [6.07, 6.45) is 6.62. The number of aromatic nitrogens is 2. The van der Waals surface area contributed by atoms with Crippen LogP contribution in [0.2, 0.25) is 0 Å². The molecule has 17 heavy (non-hydrogen) atoms. The molecule has 1 aromatic rings. The van der Waals surface area contributed by atoms with E-state index < -0.39 is 0 Å². The van der Waals surface area contributed by atoms with Crippen LogP contribution in [0.4, 0.5) is 0 Å². The van der Waals surface area contributed by atoms with Crippen LogP contribution in [0.3, 0.4) is 0 Å². The van der Waals surface area contributed by atoms with Gasteiger partial charge < -0.3 is 9.32 Å². The van der Waals surface area contributed by atoms with Crippen molar-refractivity contribution in [1.82, 2.24) is 15.0 Å². The summed E-state index contributed by atoms with van der Waals surface area (Å²) in [7, 11) is 0. The van der Waals surface area contributed by atoms with Crippen molar-refractivity contribution in [3.8, 4) is 0 Å². The summed E-state index contributed by atoms with van der Waals surface area (Å²) in [5.74, 6) is 2.00. The molecule has 92 valence electrons. The second-order valence-electron chi connectivity index (χ2n) is 4.99. The molecule has 1 unspecified atom stereocenters. The van der Waals surface area contributed by atoms with E-state index in [0.717, 1.165) is 43.8 Å². The van der Waals surface area contributed by atoms with Crippen molar-refractivity contribution in [2.45, 2.75) is 50.6 Å². The third-order valence-corrected chi connectivity index (χ3v) is 3.58. The molecule has 0 N–H and O–H groups in total. The first kappa shape index (κ1) is 10.9. The van der Waals surface area contributed by atoms with Gasteiger partial charge in [-0.3, -0.25) is 4.90 Å². The highest BCUT2D eigenvalue weighted by atomic mass is 16.5. The van der Waals surface area contributed by atoms with Gasteiger partial charge in [-0.05, 0) is 32.2 Å². The molecule has 1 aliphatic carbocycles. The van der Waals surface area contributed by atoms with Gasteiger partial charge in [0.2, 0.25) is 5.89 Å². The predicted octanol–water partition coefficient (Wildman–Crippen LogP) is 1.50. The number of hydrogen-bond donors (Lipinski definition) is 0. The van der Waals surface area contributed by atoms with E-state index in [2.05, 4.69) is 15.0 Å². The SMILES string of the molecule is O=CC1CCCCN1Cc1noc(C2CC2)n1. The number of aldehydes is 1. The molecule has 2 aliphatic rings. The van der Waals surface area contributed by atoms with Gasteiger partial charge in [-0.1, -0.05) is 11.6 Å². The Morgan fingerprint density at radius 2 is 2.24 bits per heavy atom. The molecule has 2 heterocycles. The molecule has 1 atom stereocenters. The Labute approximate surface area is 100 Å². The second kappa shape index (κ2) is 4.56. The molecule has 0 bridgehead atoms. The zero-order valence-corrected chi connectivity index (χ0v) is 9.84. The maximum Gasteiger partial charge on any atom is 0.229 e. The smallest absolute Gasteiger partial charge is 0.229 e. The van der Waals surface area contributed by atoms with Gasteiger partial charge in [-0.25, -0.2) is 0 Å². The van der Waals surface area contributed by atoms with E-state index >= 15 is 0 Å². The van der Waals surface area contributed by atoms with Crippen LogP contribution >= 0.6 is 0 Å². The number of nitrogens with zero attached hydrogens (tertiary/aromatic N) is 3. The number of carbonyl (C=O) groups is 1. The maximum absolute atomic E-state index is 11.0. The average molecular weight is 235 g/mol. The Morgan fingerprint density at radius 1 is 1.35 bits per heavy atom. The van der Waals surface area contributed by atoms with E-state index in [-0.39, 0.29) is 6.04 Å². The molecule has 1 saturated heterocycles. The Balaban J connectivity index is 1.65. The van der Waals surface area contributed by atoms with Crippen LogP contribution in [0.25, 0.3) is 0 Å². The van der Waals surface area contributed by atoms with Crippen molar-refractivity contribution in [1.29, 1.82) is 0 Å². The van der Waals surface area contributed by atoms with Crippen LogP contribution < -0.4 is 0 Å². The van der Waals surface area contributed by atoms with Gasteiger partial charge in [0.05, 0.1) is 12.6 Å². The highest BCUT2D eigenvalue weighted by Crippen LogP contribution is 2.38. The fourth-order valence-electron chi connectivity index (χ4n) is 2.38. The first-order chi connectivity index (χ1) is 8.36. The maximum atomic E-state index is 11.0. The number of likely N-dealkylation sites (tertiary alicyclic amines) is 1. The van der Waals surface area contributed by atoms with E-state index in [1.165, 1.54) is 12.8 Å². The summed E-state index contributed by atoms with van der Waals surface area (Å²) in [5, 5.41) is 4.00. The lowest BCUT2D eigenvalue weighted by molar-refractivity contribution is -0.113. The first-order valence-electron chi connectivity index (χ1n) is 6.38. The molecule has 1 aliphatic heterocycles. The number of hydrogen-bond acceptors (Lipinski definition) is 5. The third-order valence-electron chi connectivity index (χ3n) is 3.58. The lowest BCUT2D eigenvalue weighted by Gasteiger charge is -2.30. The molecular formula is C12H17N3O2. The van der Waals surface area contributed by atoms with Gasteiger partial charge in [0.15, 0.2) is 5.82 Å². The van der Waals surface area contributed by atoms with Gasteiger partial charge in [0, 0.05) is 5.92 Å². The minimum absolute atomic E-state index is 0.0339. The zero-order chi connectivity index (χ0) is 11.7. The molecule has 2 fully saturated rings. The van der Waals surface area contributed by atoms with Crippen molar-refractivity contribution in [3.63, 3.8) is 0 Å². The Kier molecular flexibility index (Phi) is 2.93. The lowest BCUT2D eigenvalue weighted by atomic mass is 10.0. The van der Waals surface area contributed by atoms with Crippen molar-refractivity contribution in [2.75, 3.05) is 6.54 Å². The Morgan fingerprint density at radius 3 is 3.00 bits per heavy atom. The molecule has 0 spiro atoms. The molecule has 1 aromatic heterocycles. The van der Waals surface area contributed by atoms with Gasteiger partial charge in [-0.15, -0.1) is 0 Å². The van der Waals surface area contributed by atoms with Gasteiger partial charge in [0.25, 0.3) is 0 Å². The number of piperidine rings is 1. The van der Waals surface area contributed by atoms with Gasteiger partial charge in [-0.2, -0.15) is 4.98 Å². The molecule has 3 rings (SSSR count). The molecule has 0 aromatic carbocycles. The minimum Gasteiger partial charge on any atom is -0.339 e. The summed E-state index contributed by atoms with van der Waals surface area (Å²) in [6, 6.07) is 0.0339. The van der Waals surface area contributed by atoms with Crippen LogP contribution in [0.5, 0.6) is 0 Å². The van der Waals surface area contributed by atoms with Crippen molar-refractivity contribution in [2.24, 2.45) is 0 Å². The summed E-state index contributed by atoms with van der Waals surface area (Å²) in [6.45, 7) is 1.59. The summed E-state index contributed by atoms with van der Waals surface area (Å²) in [4.78, 5) is 17.5. The molecule has 0 amide bonds. The van der Waals surface area contributed by atoms with Crippen LogP contribution in [-0.2, 0) is 11.3 Å². The van der Waals surface area contributed by atoms with E-state index in [0.29, 0.717) is 12.5 Å². The quantitative estimate of drug-likeness (QED) is 0.740. The monoisotopic (exact) mass is 235 g/mol. The minimum atomic E-state index is 0.0339. The van der Waals surface area contributed by atoms with Gasteiger partial charge >= 0.3 is 0 Å². The molecular weight excluding hydrogens is 218 g/mol. The highest BCUT2D eigenvalue weighted by Gasteiger charge is 2.30. The van der Waals surface area contributed by atoms with E-state index in [1.807, 2.05) is 0 Å². The Bertz CT molecular complexity index is 400. The average Bonchev–Trinajstić information content (AvgIpc) is 3.11. The van der Waals surface area contributed by atoms with Gasteiger partial charge in [0.1, 0.15) is 6.29 Å². The molecule has 5 nitrogen and oxygen atoms in total. The topological polar surface area (TPSA) is 59.2 Å². The second-order valence-corrected chi connectivity index (χ2v) is 4.99. The first-order valence-corrected chi connectivity index (χ1v) is 6.38. The summed E-state index contributed by atoms with van der Waals surface area (Å²) < 4.78 is 5.22. The predicted molar refractivity (Wildman–Crippen MR) is 60.4 cm³/mol.